The number of thiophene rings is 1. The van der Waals surface area contributed by atoms with Crippen molar-refractivity contribution in [3.05, 3.63) is 41.2 Å². The van der Waals surface area contributed by atoms with E-state index in [2.05, 4.69) is 20.4 Å². The number of likely N-dealkylation sites (tertiary alicyclic amines) is 1. The van der Waals surface area contributed by atoms with Crippen molar-refractivity contribution in [2.75, 3.05) is 26.7 Å². The molecule has 4 rings (SSSR count). The maximum atomic E-state index is 13.9. The van der Waals surface area contributed by atoms with E-state index in [-0.39, 0.29) is 18.0 Å². The van der Waals surface area contributed by atoms with E-state index in [1.165, 1.54) is 0 Å². The van der Waals surface area contributed by atoms with Crippen molar-refractivity contribution >= 4 is 21.4 Å². The smallest absolute Gasteiger partial charge is 0.171 e. The first-order chi connectivity index (χ1) is 13.0. The number of phenols is 1. The maximum Gasteiger partial charge on any atom is 0.171 e. The third kappa shape index (κ3) is 3.64. The number of fused-ring (bicyclic) bond motifs is 1. The van der Waals surface area contributed by atoms with Gasteiger partial charge < -0.3 is 15.3 Å². The Morgan fingerprint density at radius 3 is 2.96 bits per heavy atom. The van der Waals surface area contributed by atoms with E-state index in [9.17, 15) is 9.50 Å². The molecule has 0 aliphatic carbocycles. The van der Waals surface area contributed by atoms with E-state index in [0.29, 0.717) is 18.8 Å². The average molecular weight is 390 g/mol. The lowest BCUT2D eigenvalue weighted by molar-refractivity contribution is 0.118. The van der Waals surface area contributed by atoms with Crippen molar-refractivity contribution in [2.45, 2.75) is 31.7 Å². The fraction of sp³-hybridized carbons (Fsp3) is 0.474. The molecule has 1 aromatic carbocycles. The summed E-state index contributed by atoms with van der Waals surface area (Å²) in [7, 11) is 1.90. The Kier molecular flexibility index (Phi) is 5.01. The van der Waals surface area contributed by atoms with Gasteiger partial charge in [0.05, 0.1) is 0 Å². The summed E-state index contributed by atoms with van der Waals surface area (Å²) in [6.45, 7) is 4.18. The van der Waals surface area contributed by atoms with Gasteiger partial charge in [0, 0.05) is 54.4 Å². The monoisotopic (exact) mass is 389 g/mol. The van der Waals surface area contributed by atoms with Crippen LogP contribution in [0.4, 0.5) is 4.39 Å². The first-order valence-electron chi connectivity index (χ1n) is 9.21. The molecule has 1 aromatic heterocycles. The molecule has 144 valence electrons. The number of likely N-dealkylation sites (N-methyl/N-ethyl adjacent to an activating group) is 1. The molecule has 2 aromatic rings. The van der Waals surface area contributed by atoms with Crippen LogP contribution in [0.15, 0.2) is 45.8 Å². The molecule has 2 N–H and O–H groups in total. The third-order valence-electron chi connectivity index (χ3n) is 5.18. The minimum absolute atomic E-state index is 0.0133. The summed E-state index contributed by atoms with van der Waals surface area (Å²) >= 11 is 1.60. The molecular weight excluding hydrogens is 365 g/mol. The summed E-state index contributed by atoms with van der Waals surface area (Å²) in [5, 5.41) is 25.4. The van der Waals surface area contributed by atoms with Crippen LogP contribution in [0.3, 0.4) is 0 Å². The normalized spacial score (nSPS) is 26.4. The lowest BCUT2D eigenvalue weighted by Gasteiger charge is -2.35. The Bertz CT molecular complexity index is 882. The number of hydrogen-bond acceptors (Lipinski definition) is 7. The van der Waals surface area contributed by atoms with Gasteiger partial charge in [-0.2, -0.15) is 5.11 Å². The van der Waals surface area contributed by atoms with Crippen LogP contribution in [0.2, 0.25) is 0 Å². The zero-order valence-electron chi connectivity index (χ0n) is 15.5. The maximum absolute atomic E-state index is 13.9. The highest BCUT2D eigenvalue weighted by molar-refractivity contribution is 7.17. The number of piperidine rings is 1. The van der Waals surface area contributed by atoms with Gasteiger partial charge >= 0.3 is 0 Å². The largest absolute Gasteiger partial charge is 0.507 e. The topological polar surface area (TPSA) is 63.5 Å². The van der Waals surface area contributed by atoms with Crippen molar-refractivity contribution in [1.82, 2.24) is 15.1 Å². The van der Waals surface area contributed by atoms with Gasteiger partial charge in [-0.3, -0.25) is 4.90 Å². The van der Waals surface area contributed by atoms with Crippen molar-refractivity contribution in [1.29, 1.82) is 0 Å². The van der Waals surface area contributed by atoms with Crippen molar-refractivity contribution < 1.29 is 9.50 Å². The van der Waals surface area contributed by atoms with Crippen LogP contribution in [-0.2, 0) is 0 Å². The average Bonchev–Trinajstić information content (AvgIpc) is 3.12. The second kappa shape index (κ2) is 7.44. The molecule has 3 heterocycles. The predicted octanol–water partition coefficient (Wildman–Crippen LogP) is 3.82. The highest BCUT2D eigenvalue weighted by Crippen LogP contribution is 2.38. The molecule has 6 nitrogen and oxygen atoms in total. The predicted molar refractivity (Wildman–Crippen MR) is 105 cm³/mol. The molecule has 0 amide bonds. The summed E-state index contributed by atoms with van der Waals surface area (Å²) in [5.41, 5.74) is 0.723. The first kappa shape index (κ1) is 18.2. The molecule has 1 unspecified atom stereocenters. The summed E-state index contributed by atoms with van der Waals surface area (Å²) in [6, 6.07) is 5.82. The Morgan fingerprint density at radius 2 is 2.19 bits per heavy atom. The summed E-state index contributed by atoms with van der Waals surface area (Å²) < 4.78 is 15.0. The zero-order valence-corrected chi connectivity index (χ0v) is 16.3. The molecule has 0 radical (unpaired) electrons. The first-order valence-corrected chi connectivity index (χ1v) is 10.1. The number of hydrogen-bond donors (Lipinski definition) is 2. The molecule has 1 saturated heterocycles. The molecule has 27 heavy (non-hydrogen) atoms. The number of aromatic hydroxyl groups is 1. The number of phenolic OH excluding ortho intramolecular Hbond substituents is 1. The summed E-state index contributed by atoms with van der Waals surface area (Å²) in [5.74, 6) is 0.875. The lowest BCUT2D eigenvalue weighted by atomic mass is 10.0. The Morgan fingerprint density at radius 1 is 1.33 bits per heavy atom. The van der Waals surface area contributed by atoms with Gasteiger partial charge in [0.25, 0.3) is 0 Å². The van der Waals surface area contributed by atoms with Crippen molar-refractivity contribution in [3.63, 3.8) is 0 Å². The quantitative estimate of drug-likeness (QED) is 0.834. The molecule has 0 saturated carbocycles. The van der Waals surface area contributed by atoms with Crippen LogP contribution in [0.5, 0.6) is 5.75 Å². The number of azo groups is 1. The number of nitrogens with zero attached hydrogens (tertiary/aromatic N) is 4. The number of nitrogens with one attached hydrogen (secondary N) is 1. The van der Waals surface area contributed by atoms with Crippen molar-refractivity contribution in [3.8, 4) is 5.75 Å². The molecule has 8 heteroatoms. The van der Waals surface area contributed by atoms with Gasteiger partial charge in [-0.25, -0.2) is 4.39 Å². The van der Waals surface area contributed by atoms with Crippen LogP contribution in [0, 0.1) is 0 Å². The van der Waals surface area contributed by atoms with Crippen LogP contribution in [-0.4, -0.2) is 53.8 Å². The number of rotatable bonds is 4. The van der Waals surface area contributed by atoms with Gasteiger partial charge in [-0.05, 0) is 30.1 Å². The minimum Gasteiger partial charge on any atom is -0.507 e. The van der Waals surface area contributed by atoms with Crippen LogP contribution < -0.4 is 5.32 Å². The second-order valence-electron chi connectivity index (χ2n) is 7.13. The summed E-state index contributed by atoms with van der Waals surface area (Å²) in [4.78, 5) is 4.02. The molecule has 0 spiro atoms. The van der Waals surface area contributed by atoms with Gasteiger partial charge in [0.1, 0.15) is 11.9 Å². The van der Waals surface area contributed by atoms with Gasteiger partial charge in [-0.15, -0.1) is 16.5 Å². The van der Waals surface area contributed by atoms with E-state index >= 15 is 0 Å². The fourth-order valence-corrected chi connectivity index (χ4v) is 4.57. The second-order valence-corrected chi connectivity index (χ2v) is 8.08. The third-order valence-corrected chi connectivity index (χ3v) is 6.06. The van der Waals surface area contributed by atoms with E-state index in [4.69, 9.17) is 0 Å². The molecule has 2 aliphatic rings. The van der Waals surface area contributed by atoms with E-state index in [1.54, 1.807) is 11.3 Å². The number of alkyl halides is 1. The Hall–Kier alpha value is -2.19. The highest BCUT2D eigenvalue weighted by Gasteiger charge is 2.28. The minimum atomic E-state index is -0.822. The van der Waals surface area contributed by atoms with Gasteiger partial charge in [-0.1, -0.05) is 6.92 Å². The summed E-state index contributed by atoms with van der Waals surface area (Å²) in [6.07, 6.45) is 1.14. The van der Waals surface area contributed by atoms with Crippen LogP contribution in [0.1, 0.15) is 25.1 Å². The Labute approximate surface area is 162 Å². The van der Waals surface area contributed by atoms with Crippen LogP contribution in [0.25, 0.3) is 10.1 Å². The zero-order chi connectivity index (χ0) is 19.0. The van der Waals surface area contributed by atoms with E-state index < -0.39 is 6.17 Å². The van der Waals surface area contributed by atoms with E-state index in [0.717, 1.165) is 28.7 Å². The molecular formula is C19H24FN5OS. The Balaban J connectivity index is 1.49. The van der Waals surface area contributed by atoms with Gasteiger partial charge in [0.15, 0.2) is 12.0 Å². The van der Waals surface area contributed by atoms with E-state index in [1.807, 2.05) is 48.7 Å². The molecule has 3 atom stereocenters. The SMILES string of the molecule is CCN1C[C@H](F)C[C@@H](NC2=CN(C)C(c3ccc4sccc4c3O)N=N2)C1. The van der Waals surface area contributed by atoms with Crippen LogP contribution >= 0.6 is 11.3 Å². The van der Waals surface area contributed by atoms with Gasteiger partial charge in [0.2, 0.25) is 0 Å². The van der Waals surface area contributed by atoms with Crippen molar-refractivity contribution in [2.24, 2.45) is 10.2 Å². The molecule has 0 bridgehead atoms. The highest BCUT2D eigenvalue weighted by atomic mass is 32.1. The number of benzene rings is 1. The molecule has 1 fully saturated rings. The standard InChI is InChI=1S/C19H24FN5OS/c1-3-25-9-12(20)8-13(10-25)21-17-11-24(2)19(23-22-17)15-4-5-16-14(18(15)26)6-7-27-16/h4-7,11-13,19,21,26H,3,8-10H2,1-2H3/t12-,13-,19?/m1/s1. The fourth-order valence-electron chi connectivity index (χ4n) is 3.79. The molecule has 2 aliphatic heterocycles. The lowest BCUT2D eigenvalue weighted by Crippen LogP contribution is -2.49. The number of halogens is 1.